The van der Waals surface area contributed by atoms with E-state index in [0.717, 1.165) is 0 Å². The fraction of sp³-hybridized carbons (Fsp3) is 0.619. The average molecular weight is 1030 g/mol. The van der Waals surface area contributed by atoms with Crippen molar-refractivity contribution in [3.8, 4) is 11.5 Å². The molecule has 2 aromatic rings. The van der Waals surface area contributed by atoms with Gasteiger partial charge in [0.2, 0.25) is 0 Å². The highest BCUT2D eigenvalue weighted by Gasteiger charge is 2.95. The molecule has 0 saturated heterocycles. The van der Waals surface area contributed by atoms with Gasteiger partial charge in [0.15, 0.2) is 8.32 Å². The minimum Gasteiger partial charge on any atom is -0.497 e. The van der Waals surface area contributed by atoms with Crippen LogP contribution in [0.15, 0.2) is 59.7 Å². The van der Waals surface area contributed by atoms with E-state index in [9.17, 15) is 75.4 Å². The minimum absolute atomic E-state index is 0.0857. The summed E-state index contributed by atoms with van der Waals surface area (Å²) in [6.07, 6.45) is -12.4. The largest absolute Gasteiger partial charge is 0.497 e. The summed E-state index contributed by atoms with van der Waals surface area (Å²) in [6.45, 7) is 10.8. The Morgan fingerprint density at radius 2 is 1.09 bits per heavy atom. The summed E-state index contributed by atoms with van der Waals surface area (Å²) in [7, 11) is -2.58. The molecule has 388 valence electrons. The molecule has 0 bridgehead atoms. The second kappa shape index (κ2) is 21.7. The molecule has 0 aliphatic heterocycles. The number of hydrogen-bond donors (Lipinski definition) is 1. The summed E-state index contributed by atoms with van der Waals surface area (Å²) in [4.78, 5) is 25.6. The van der Waals surface area contributed by atoms with Gasteiger partial charge in [0.1, 0.15) is 24.2 Å². The predicted molar refractivity (Wildman–Crippen MR) is 214 cm³/mol. The van der Waals surface area contributed by atoms with Crippen LogP contribution in [0.1, 0.15) is 73.5 Å². The summed E-state index contributed by atoms with van der Waals surface area (Å²) in [5.41, 5.74) is -0.326. The zero-order valence-electron chi connectivity index (χ0n) is 37.7. The normalized spacial score (nSPS) is 15.2. The maximum Gasteiger partial charge on any atom is 0.460 e. The molecule has 0 aliphatic rings. The summed E-state index contributed by atoms with van der Waals surface area (Å²) < 4.78 is 264. The van der Waals surface area contributed by atoms with Gasteiger partial charge in [0.25, 0.3) is 0 Å². The number of halogens is 17. The zero-order chi connectivity index (χ0) is 52.9. The molecule has 26 heteroatoms. The van der Waals surface area contributed by atoms with Crippen molar-refractivity contribution < 1.29 is 108 Å². The number of amides is 1. The average Bonchev–Trinajstić information content (AvgIpc) is 3.24. The lowest BCUT2D eigenvalue weighted by Gasteiger charge is -2.44. The maximum atomic E-state index is 15.0. The lowest BCUT2D eigenvalue weighted by Crippen LogP contribution is -2.74. The minimum atomic E-state index is -8.70. The number of ether oxygens (including phenoxy) is 4. The number of carbonyl (C=O) groups excluding carboxylic acids is 2. The van der Waals surface area contributed by atoms with Crippen LogP contribution >= 0.6 is 0 Å². The van der Waals surface area contributed by atoms with Crippen molar-refractivity contribution in [2.24, 2.45) is 5.92 Å². The van der Waals surface area contributed by atoms with Crippen LogP contribution in [0.3, 0.4) is 0 Å². The Hall–Kier alpha value is -4.49. The highest BCUT2D eigenvalue weighted by Crippen LogP contribution is 2.64. The van der Waals surface area contributed by atoms with E-state index in [0.29, 0.717) is 22.6 Å². The first-order valence-corrected chi connectivity index (χ1v) is 22.6. The number of methoxy groups -OCH3 is 1. The molecular weight excluding hydrogens is 982 g/mol. The molecule has 2 aromatic carbocycles. The van der Waals surface area contributed by atoms with Gasteiger partial charge in [0.05, 0.1) is 20.3 Å². The monoisotopic (exact) mass is 1030 g/mol. The predicted octanol–water partition coefficient (Wildman–Crippen LogP) is 14.1. The van der Waals surface area contributed by atoms with Gasteiger partial charge in [-0.3, -0.25) is 5.32 Å². The SMILES string of the molecule is CCOC(=O)/C(C)=C(\C)[C@@H](C)[C@H](OC(=O)Nc1ccc(OC)cc1)c1ccc(OCCO[Si](CCC(F)(F)C(F)(F)C(F)(F)C(F)(F)C(F)(F)C(F)(F)C(F)(F)C(F)(F)F)(C(C)C)C(C)C)cc1. The topological polar surface area (TPSA) is 92.3 Å². The van der Waals surface area contributed by atoms with E-state index in [1.807, 2.05) is 0 Å². The molecule has 0 unspecified atom stereocenters. The Kier molecular flexibility index (Phi) is 19.0. The number of hydrogen-bond acceptors (Lipinski definition) is 7. The molecule has 8 nitrogen and oxygen atoms in total. The number of benzene rings is 2. The van der Waals surface area contributed by atoms with Crippen LogP contribution in [0, 0.1) is 5.92 Å². The Bertz CT molecular complexity index is 2020. The summed E-state index contributed by atoms with van der Waals surface area (Å²) in [5, 5.41) is 2.58. The van der Waals surface area contributed by atoms with Gasteiger partial charge in [-0.15, -0.1) is 0 Å². The molecule has 0 heterocycles. The molecule has 0 saturated carbocycles. The van der Waals surface area contributed by atoms with Crippen LogP contribution in [0.4, 0.5) is 85.1 Å². The number of carbonyl (C=O) groups is 2. The number of alkyl halides is 17. The zero-order valence-corrected chi connectivity index (χ0v) is 38.7. The number of nitrogens with one attached hydrogen (secondary N) is 1. The van der Waals surface area contributed by atoms with E-state index >= 15 is 8.78 Å². The van der Waals surface area contributed by atoms with Crippen molar-refractivity contribution in [3.05, 3.63) is 65.2 Å². The first kappa shape index (κ1) is 59.6. The fourth-order valence-corrected chi connectivity index (χ4v) is 11.3. The molecule has 2 atom stereocenters. The molecule has 68 heavy (non-hydrogen) atoms. The lowest BCUT2D eigenvalue weighted by molar-refractivity contribution is -0.461. The van der Waals surface area contributed by atoms with Crippen molar-refractivity contribution in [3.63, 3.8) is 0 Å². The standard InChI is InChI=1S/C42H50F17NO7Si/c1-10-64-33(61)27(8)25(6)26(7)32(67-34(62)60-29-13-17-30(63-9)18-14-29)28-11-15-31(16-12-28)65-20-21-66-68(23(2)3,24(4)5)22-19-35(43,44)36(45,46)37(47,48)38(49,50)39(51,52)40(53,54)41(55,56)42(57,58)59/h11-18,23-24,26,32H,10,19-22H2,1-9H3,(H,60,62)/b27-25+/t26-,32+/m1/s1. The summed E-state index contributed by atoms with van der Waals surface area (Å²) >= 11 is 0. The van der Waals surface area contributed by atoms with E-state index < -0.39 is 117 Å². The third-order valence-corrected chi connectivity index (χ3v) is 17.1. The summed E-state index contributed by atoms with van der Waals surface area (Å²) in [5.74, 6) is -57.5. The van der Waals surface area contributed by atoms with Crippen LogP contribution in [-0.2, 0) is 18.7 Å². The molecule has 1 amide bonds. The lowest BCUT2D eigenvalue weighted by atomic mass is 9.88. The van der Waals surface area contributed by atoms with Crippen molar-refractivity contribution in [2.75, 3.05) is 32.2 Å². The van der Waals surface area contributed by atoms with E-state index in [2.05, 4.69) is 5.32 Å². The molecule has 0 spiro atoms. The van der Waals surface area contributed by atoms with Crippen molar-refractivity contribution in [1.82, 2.24) is 0 Å². The second-order valence-electron chi connectivity index (χ2n) is 16.2. The van der Waals surface area contributed by atoms with Crippen LogP contribution in [0.25, 0.3) is 0 Å². The van der Waals surface area contributed by atoms with Crippen molar-refractivity contribution >= 4 is 26.1 Å². The maximum absolute atomic E-state index is 15.0. The van der Waals surface area contributed by atoms with Crippen LogP contribution in [-0.4, -0.2) is 94.9 Å². The molecular formula is C42H50F17NO7Si. The van der Waals surface area contributed by atoms with Crippen molar-refractivity contribution in [1.29, 1.82) is 0 Å². The van der Waals surface area contributed by atoms with E-state index in [1.54, 1.807) is 45.0 Å². The Balaban J connectivity index is 2.35. The van der Waals surface area contributed by atoms with Gasteiger partial charge < -0.3 is 23.4 Å². The van der Waals surface area contributed by atoms with Gasteiger partial charge in [-0.1, -0.05) is 52.3 Å². The van der Waals surface area contributed by atoms with Crippen LogP contribution in [0.5, 0.6) is 11.5 Å². The Morgan fingerprint density at radius 3 is 1.53 bits per heavy atom. The summed E-state index contributed by atoms with van der Waals surface area (Å²) in [6, 6.07) is 10.7. The first-order valence-electron chi connectivity index (χ1n) is 20.3. The quantitative estimate of drug-likeness (QED) is 0.0368. The van der Waals surface area contributed by atoms with Gasteiger partial charge in [-0.05, 0) is 79.9 Å². The molecule has 0 radical (unpaired) electrons. The van der Waals surface area contributed by atoms with Crippen LogP contribution < -0.4 is 14.8 Å². The van der Waals surface area contributed by atoms with Crippen LogP contribution in [0.2, 0.25) is 17.1 Å². The second-order valence-corrected chi connectivity index (χ2v) is 21.2. The van der Waals surface area contributed by atoms with Gasteiger partial charge in [0, 0.05) is 23.6 Å². The first-order chi connectivity index (χ1) is 30.8. The molecule has 2 rings (SSSR count). The van der Waals surface area contributed by atoms with E-state index in [1.165, 1.54) is 66.0 Å². The number of anilines is 1. The third kappa shape index (κ3) is 11.7. The number of esters is 1. The van der Waals surface area contributed by atoms with Crippen molar-refractivity contribution in [2.45, 2.75) is 133 Å². The fourth-order valence-electron chi connectivity index (χ4n) is 6.86. The third-order valence-electron chi connectivity index (χ3n) is 11.4. The number of rotatable bonds is 24. The molecule has 1 N–H and O–H groups in total. The molecule has 0 aromatic heterocycles. The smallest absolute Gasteiger partial charge is 0.460 e. The van der Waals surface area contributed by atoms with E-state index in [-0.39, 0.29) is 17.9 Å². The highest BCUT2D eigenvalue weighted by atomic mass is 28.4. The Labute approximate surface area is 381 Å². The van der Waals surface area contributed by atoms with Gasteiger partial charge in [-0.25, -0.2) is 9.59 Å². The Morgan fingerprint density at radius 1 is 0.632 bits per heavy atom. The highest BCUT2D eigenvalue weighted by molar-refractivity contribution is 6.76. The van der Waals surface area contributed by atoms with Gasteiger partial charge in [-0.2, -0.15) is 74.6 Å². The van der Waals surface area contributed by atoms with E-state index in [4.69, 9.17) is 23.4 Å². The molecule has 0 aliphatic carbocycles. The van der Waals surface area contributed by atoms with Gasteiger partial charge >= 0.3 is 59.7 Å². The molecule has 0 fully saturated rings.